The number of primary amides is 1. The highest BCUT2D eigenvalue weighted by Crippen LogP contribution is 2.24. The number of carbonyl (C=O) groups is 1. The SMILES string of the molecule is Br.CCCc1cc(O)ccc1CCNCCc1ccc(O)c(NC(N)=O)c1. The summed E-state index contributed by atoms with van der Waals surface area (Å²) in [5.74, 6) is 0.314. The third-order valence-electron chi connectivity index (χ3n) is 4.19. The first-order chi connectivity index (χ1) is 12.5. The fourth-order valence-electron chi connectivity index (χ4n) is 2.91. The number of amides is 2. The van der Waals surface area contributed by atoms with Gasteiger partial charge in [0.2, 0.25) is 0 Å². The minimum atomic E-state index is -0.702. The minimum Gasteiger partial charge on any atom is -0.508 e. The average molecular weight is 438 g/mol. The van der Waals surface area contributed by atoms with Crippen LogP contribution in [0, 0.1) is 0 Å². The Kier molecular flexibility index (Phi) is 9.67. The Labute approximate surface area is 170 Å². The van der Waals surface area contributed by atoms with E-state index < -0.39 is 6.03 Å². The quantitative estimate of drug-likeness (QED) is 0.305. The number of phenols is 2. The van der Waals surface area contributed by atoms with Crippen LogP contribution in [0.3, 0.4) is 0 Å². The monoisotopic (exact) mass is 437 g/mol. The van der Waals surface area contributed by atoms with Gasteiger partial charge in [-0.25, -0.2) is 4.79 Å². The molecule has 2 aromatic carbocycles. The van der Waals surface area contributed by atoms with Crippen LogP contribution >= 0.6 is 17.0 Å². The molecule has 0 radical (unpaired) electrons. The molecule has 0 aromatic heterocycles. The molecule has 6 nitrogen and oxygen atoms in total. The maximum atomic E-state index is 10.9. The Balaban J connectivity index is 0.00000364. The molecule has 0 unspecified atom stereocenters. The summed E-state index contributed by atoms with van der Waals surface area (Å²) in [5.41, 5.74) is 8.87. The van der Waals surface area contributed by atoms with Crippen LogP contribution in [0.15, 0.2) is 36.4 Å². The molecule has 0 aliphatic carbocycles. The molecule has 0 spiro atoms. The Morgan fingerprint density at radius 2 is 1.74 bits per heavy atom. The van der Waals surface area contributed by atoms with E-state index in [0.717, 1.165) is 44.3 Å². The van der Waals surface area contributed by atoms with Gasteiger partial charge in [-0.1, -0.05) is 25.5 Å². The van der Waals surface area contributed by atoms with Crippen molar-refractivity contribution >= 4 is 28.7 Å². The largest absolute Gasteiger partial charge is 0.508 e. The van der Waals surface area contributed by atoms with E-state index >= 15 is 0 Å². The predicted octanol–water partition coefficient (Wildman–Crippen LogP) is 3.49. The first-order valence-corrected chi connectivity index (χ1v) is 8.89. The van der Waals surface area contributed by atoms with E-state index in [2.05, 4.69) is 17.6 Å². The van der Waals surface area contributed by atoms with Gasteiger partial charge in [-0.05, 0) is 73.3 Å². The summed E-state index contributed by atoms with van der Waals surface area (Å²) < 4.78 is 0. The van der Waals surface area contributed by atoms with Crippen molar-refractivity contribution in [3.63, 3.8) is 0 Å². The number of urea groups is 1. The predicted molar refractivity (Wildman–Crippen MR) is 114 cm³/mol. The van der Waals surface area contributed by atoms with Gasteiger partial charge in [0.25, 0.3) is 0 Å². The number of hydrogen-bond acceptors (Lipinski definition) is 4. The van der Waals surface area contributed by atoms with E-state index in [4.69, 9.17) is 5.73 Å². The van der Waals surface area contributed by atoms with Crippen molar-refractivity contribution in [1.29, 1.82) is 0 Å². The van der Waals surface area contributed by atoms with Crippen LogP contribution < -0.4 is 16.4 Å². The maximum Gasteiger partial charge on any atom is 0.316 e. The minimum absolute atomic E-state index is 0. The molecule has 7 heteroatoms. The van der Waals surface area contributed by atoms with E-state index in [1.165, 1.54) is 11.1 Å². The molecule has 0 fully saturated rings. The second-order valence-corrected chi connectivity index (χ2v) is 6.29. The van der Waals surface area contributed by atoms with Crippen LogP contribution in [-0.2, 0) is 19.3 Å². The zero-order chi connectivity index (χ0) is 18.9. The Morgan fingerprint density at radius 3 is 2.44 bits per heavy atom. The van der Waals surface area contributed by atoms with Crippen molar-refractivity contribution in [2.24, 2.45) is 5.73 Å². The molecule has 6 N–H and O–H groups in total. The summed E-state index contributed by atoms with van der Waals surface area (Å²) in [6, 6.07) is 9.97. The third-order valence-corrected chi connectivity index (χ3v) is 4.19. The summed E-state index contributed by atoms with van der Waals surface area (Å²) >= 11 is 0. The van der Waals surface area contributed by atoms with Gasteiger partial charge >= 0.3 is 6.03 Å². The number of rotatable bonds is 9. The molecule has 0 saturated heterocycles. The Morgan fingerprint density at radius 1 is 1.00 bits per heavy atom. The van der Waals surface area contributed by atoms with Crippen LogP contribution in [0.1, 0.15) is 30.0 Å². The number of nitrogens with two attached hydrogens (primary N) is 1. The van der Waals surface area contributed by atoms with Crippen molar-refractivity contribution in [3.05, 3.63) is 53.1 Å². The van der Waals surface area contributed by atoms with Crippen molar-refractivity contribution in [3.8, 4) is 11.5 Å². The van der Waals surface area contributed by atoms with Crippen LogP contribution in [0.5, 0.6) is 11.5 Å². The summed E-state index contributed by atoms with van der Waals surface area (Å²) in [7, 11) is 0. The van der Waals surface area contributed by atoms with Crippen molar-refractivity contribution in [2.75, 3.05) is 18.4 Å². The number of nitrogens with one attached hydrogen (secondary N) is 2. The summed E-state index contributed by atoms with van der Waals surface area (Å²) in [4.78, 5) is 10.9. The fourth-order valence-corrected chi connectivity index (χ4v) is 2.91. The molecule has 2 aromatic rings. The summed E-state index contributed by atoms with van der Waals surface area (Å²) in [6.07, 6.45) is 3.68. The first-order valence-electron chi connectivity index (χ1n) is 8.89. The zero-order valence-electron chi connectivity index (χ0n) is 15.5. The molecule has 2 rings (SSSR count). The van der Waals surface area contributed by atoms with Gasteiger partial charge in [-0.2, -0.15) is 0 Å². The van der Waals surface area contributed by atoms with Gasteiger partial charge in [0.1, 0.15) is 11.5 Å². The van der Waals surface area contributed by atoms with Gasteiger partial charge in [-0.15, -0.1) is 17.0 Å². The lowest BCUT2D eigenvalue weighted by Gasteiger charge is -2.11. The number of carbonyl (C=O) groups excluding carboxylic acids is 1. The second-order valence-electron chi connectivity index (χ2n) is 6.29. The molecule has 0 bridgehead atoms. The van der Waals surface area contributed by atoms with Gasteiger partial charge in [0.15, 0.2) is 0 Å². The van der Waals surface area contributed by atoms with Crippen molar-refractivity contribution in [2.45, 2.75) is 32.6 Å². The number of aryl methyl sites for hydroxylation is 1. The van der Waals surface area contributed by atoms with Crippen LogP contribution in [0.4, 0.5) is 10.5 Å². The smallest absolute Gasteiger partial charge is 0.316 e. The van der Waals surface area contributed by atoms with E-state index in [0.29, 0.717) is 11.4 Å². The molecule has 0 aliphatic rings. The number of aromatic hydroxyl groups is 2. The number of anilines is 1. The Hall–Kier alpha value is -2.25. The standard InChI is InChI=1S/C20H27N3O3.BrH/c1-2-3-16-13-17(24)6-5-15(16)9-11-22-10-8-14-4-7-19(25)18(12-14)23-20(21)26;/h4-7,12-13,22,24-25H,2-3,8-11H2,1H3,(H3,21,23,26);1H. The number of hydrogen-bond donors (Lipinski definition) is 5. The van der Waals surface area contributed by atoms with Crippen LogP contribution in [0.25, 0.3) is 0 Å². The summed E-state index contributed by atoms with van der Waals surface area (Å²) in [6.45, 7) is 3.75. The molecule has 0 saturated carbocycles. The molecule has 0 atom stereocenters. The van der Waals surface area contributed by atoms with E-state index in [-0.39, 0.29) is 22.7 Å². The molecule has 0 heterocycles. The Bertz CT molecular complexity index is 753. The van der Waals surface area contributed by atoms with Gasteiger partial charge in [-0.3, -0.25) is 0 Å². The number of phenolic OH excluding ortho intramolecular Hbond substituents is 2. The lowest BCUT2D eigenvalue weighted by atomic mass is 10.0. The van der Waals surface area contributed by atoms with Crippen molar-refractivity contribution in [1.82, 2.24) is 5.32 Å². The van der Waals surface area contributed by atoms with E-state index in [9.17, 15) is 15.0 Å². The van der Waals surface area contributed by atoms with Crippen LogP contribution in [-0.4, -0.2) is 29.3 Å². The topological polar surface area (TPSA) is 108 Å². The fraction of sp³-hybridized carbons (Fsp3) is 0.350. The highest BCUT2D eigenvalue weighted by Gasteiger charge is 2.06. The third kappa shape index (κ3) is 7.48. The normalized spacial score (nSPS) is 10.3. The maximum absolute atomic E-state index is 10.9. The molecule has 2 amide bonds. The number of halogens is 1. The lowest BCUT2D eigenvalue weighted by molar-refractivity contribution is 0.259. The van der Waals surface area contributed by atoms with Gasteiger partial charge in [0, 0.05) is 0 Å². The first kappa shape index (κ1) is 22.8. The molecular weight excluding hydrogens is 410 g/mol. The average Bonchev–Trinajstić information content (AvgIpc) is 2.59. The molecular formula is C20H28BrN3O3. The molecule has 27 heavy (non-hydrogen) atoms. The molecule has 148 valence electrons. The highest BCUT2D eigenvalue weighted by atomic mass is 79.9. The highest BCUT2D eigenvalue weighted by molar-refractivity contribution is 8.93. The number of benzene rings is 2. The lowest BCUT2D eigenvalue weighted by Crippen LogP contribution is -2.21. The second kappa shape index (κ2) is 11.5. The van der Waals surface area contributed by atoms with Crippen LogP contribution in [0.2, 0.25) is 0 Å². The van der Waals surface area contributed by atoms with E-state index in [1.807, 2.05) is 18.2 Å². The molecule has 0 aliphatic heterocycles. The van der Waals surface area contributed by atoms with Gasteiger partial charge in [0.05, 0.1) is 5.69 Å². The van der Waals surface area contributed by atoms with Crippen molar-refractivity contribution < 1.29 is 15.0 Å². The van der Waals surface area contributed by atoms with E-state index in [1.54, 1.807) is 18.2 Å². The zero-order valence-corrected chi connectivity index (χ0v) is 17.2. The van der Waals surface area contributed by atoms with Gasteiger partial charge < -0.3 is 26.6 Å². The summed E-state index contributed by atoms with van der Waals surface area (Å²) in [5, 5.41) is 25.1.